The minimum atomic E-state index is -0.175. The number of hydrogen-bond acceptors (Lipinski definition) is 1. The summed E-state index contributed by atoms with van der Waals surface area (Å²) < 4.78 is 13.8. The molecule has 0 amide bonds. The first-order chi connectivity index (χ1) is 6.61. The van der Waals surface area contributed by atoms with Crippen LogP contribution in [-0.2, 0) is 6.42 Å². The lowest BCUT2D eigenvalue weighted by atomic mass is 10.0. The van der Waals surface area contributed by atoms with E-state index in [1.807, 2.05) is 13.1 Å². The first-order valence-electron chi connectivity index (χ1n) is 4.71. The molecule has 1 nitrogen and oxygen atoms in total. The van der Waals surface area contributed by atoms with E-state index in [1.165, 1.54) is 6.07 Å². The Hall–Kier alpha value is -0.410. The zero-order chi connectivity index (χ0) is 10.6. The standard InChI is InChI=1S/C11H15BrFN/c1-8(7-14-2)3-9-4-10(12)6-11(13)5-9/h4-6,8,14H,3,7H2,1-2H3. The van der Waals surface area contributed by atoms with Gasteiger partial charge in [0.15, 0.2) is 0 Å². The van der Waals surface area contributed by atoms with Gasteiger partial charge in [0.05, 0.1) is 0 Å². The maximum Gasteiger partial charge on any atom is 0.124 e. The van der Waals surface area contributed by atoms with E-state index in [9.17, 15) is 4.39 Å². The quantitative estimate of drug-likeness (QED) is 0.877. The van der Waals surface area contributed by atoms with Gasteiger partial charge in [-0.1, -0.05) is 22.9 Å². The van der Waals surface area contributed by atoms with Crippen molar-refractivity contribution >= 4 is 15.9 Å². The smallest absolute Gasteiger partial charge is 0.124 e. The van der Waals surface area contributed by atoms with Crippen LogP contribution in [0.1, 0.15) is 12.5 Å². The summed E-state index contributed by atoms with van der Waals surface area (Å²) in [7, 11) is 1.93. The maximum absolute atomic E-state index is 13.0. The Labute approximate surface area is 92.8 Å². The van der Waals surface area contributed by atoms with E-state index in [2.05, 4.69) is 28.2 Å². The third-order valence-electron chi connectivity index (χ3n) is 2.06. The molecule has 0 saturated carbocycles. The molecule has 0 saturated heterocycles. The Morgan fingerprint density at radius 1 is 1.43 bits per heavy atom. The summed E-state index contributed by atoms with van der Waals surface area (Å²) in [6.07, 6.45) is 0.900. The van der Waals surface area contributed by atoms with E-state index in [1.54, 1.807) is 6.07 Å². The Balaban J connectivity index is 2.66. The molecular formula is C11H15BrFN. The molecule has 1 N–H and O–H groups in total. The molecule has 0 aliphatic heterocycles. The van der Waals surface area contributed by atoms with Crippen LogP contribution in [0.3, 0.4) is 0 Å². The van der Waals surface area contributed by atoms with Crippen LogP contribution < -0.4 is 5.32 Å². The molecule has 1 rings (SSSR count). The van der Waals surface area contributed by atoms with E-state index < -0.39 is 0 Å². The highest BCUT2D eigenvalue weighted by Crippen LogP contribution is 2.17. The first kappa shape index (κ1) is 11.7. The first-order valence-corrected chi connectivity index (χ1v) is 5.50. The van der Waals surface area contributed by atoms with Gasteiger partial charge in [-0.2, -0.15) is 0 Å². The average Bonchev–Trinajstić information content (AvgIpc) is 2.01. The topological polar surface area (TPSA) is 12.0 Å². The lowest BCUT2D eigenvalue weighted by molar-refractivity contribution is 0.538. The predicted octanol–water partition coefficient (Wildman–Crippen LogP) is 2.99. The molecule has 0 aliphatic carbocycles. The molecule has 14 heavy (non-hydrogen) atoms. The molecule has 0 aliphatic rings. The highest BCUT2D eigenvalue weighted by molar-refractivity contribution is 9.10. The van der Waals surface area contributed by atoms with Crippen LogP contribution in [-0.4, -0.2) is 13.6 Å². The predicted molar refractivity (Wildman–Crippen MR) is 60.9 cm³/mol. The fourth-order valence-electron chi connectivity index (χ4n) is 1.55. The van der Waals surface area contributed by atoms with Crippen molar-refractivity contribution in [3.63, 3.8) is 0 Å². The van der Waals surface area contributed by atoms with Crippen molar-refractivity contribution in [2.75, 3.05) is 13.6 Å². The van der Waals surface area contributed by atoms with Gasteiger partial charge in [0.2, 0.25) is 0 Å². The minimum absolute atomic E-state index is 0.175. The largest absolute Gasteiger partial charge is 0.319 e. The summed E-state index contributed by atoms with van der Waals surface area (Å²) in [4.78, 5) is 0. The fraction of sp³-hybridized carbons (Fsp3) is 0.455. The molecule has 3 heteroatoms. The Morgan fingerprint density at radius 3 is 2.71 bits per heavy atom. The van der Waals surface area contributed by atoms with E-state index in [0.29, 0.717) is 5.92 Å². The average molecular weight is 260 g/mol. The monoisotopic (exact) mass is 259 g/mol. The van der Waals surface area contributed by atoms with Gasteiger partial charge in [0.25, 0.3) is 0 Å². The number of nitrogens with one attached hydrogen (secondary N) is 1. The summed E-state index contributed by atoms with van der Waals surface area (Å²) in [5.74, 6) is 0.347. The lowest BCUT2D eigenvalue weighted by Crippen LogP contribution is -2.17. The van der Waals surface area contributed by atoms with Crippen LogP contribution >= 0.6 is 15.9 Å². The zero-order valence-corrected chi connectivity index (χ0v) is 10.1. The van der Waals surface area contributed by atoms with Gasteiger partial charge >= 0.3 is 0 Å². The molecule has 1 aromatic rings. The van der Waals surface area contributed by atoms with E-state index >= 15 is 0 Å². The van der Waals surface area contributed by atoms with Crippen molar-refractivity contribution in [3.8, 4) is 0 Å². The number of halogens is 2. The molecule has 1 unspecified atom stereocenters. The Kier molecular flexibility index (Phi) is 4.55. The molecule has 0 radical (unpaired) electrons. The Morgan fingerprint density at radius 2 is 2.14 bits per heavy atom. The molecule has 0 aromatic heterocycles. The minimum Gasteiger partial charge on any atom is -0.319 e. The molecule has 0 bridgehead atoms. The molecule has 1 atom stereocenters. The maximum atomic E-state index is 13.0. The molecule has 1 aromatic carbocycles. The van der Waals surface area contributed by atoms with Crippen molar-refractivity contribution in [2.45, 2.75) is 13.3 Å². The molecule has 0 heterocycles. The second-order valence-electron chi connectivity index (χ2n) is 3.64. The van der Waals surface area contributed by atoms with Gasteiger partial charge in [0, 0.05) is 4.47 Å². The molecule has 0 fully saturated rings. The molecular weight excluding hydrogens is 245 g/mol. The SMILES string of the molecule is CNCC(C)Cc1cc(F)cc(Br)c1. The van der Waals surface area contributed by atoms with E-state index in [4.69, 9.17) is 0 Å². The highest BCUT2D eigenvalue weighted by Gasteiger charge is 2.04. The number of hydrogen-bond donors (Lipinski definition) is 1. The van der Waals surface area contributed by atoms with Crippen molar-refractivity contribution < 1.29 is 4.39 Å². The zero-order valence-electron chi connectivity index (χ0n) is 8.48. The van der Waals surface area contributed by atoms with Crippen molar-refractivity contribution in [1.29, 1.82) is 0 Å². The fourth-order valence-corrected chi connectivity index (χ4v) is 2.06. The van der Waals surface area contributed by atoms with Gasteiger partial charge in [-0.3, -0.25) is 0 Å². The molecule has 78 valence electrons. The molecule has 0 spiro atoms. The Bertz CT molecular complexity index is 281. The number of benzene rings is 1. The second-order valence-corrected chi connectivity index (χ2v) is 4.56. The van der Waals surface area contributed by atoms with Crippen LogP contribution in [0.4, 0.5) is 4.39 Å². The highest BCUT2D eigenvalue weighted by atomic mass is 79.9. The lowest BCUT2D eigenvalue weighted by Gasteiger charge is -2.10. The third-order valence-corrected chi connectivity index (χ3v) is 2.52. The van der Waals surface area contributed by atoms with Crippen molar-refractivity contribution in [2.24, 2.45) is 5.92 Å². The van der Waals surface area contributed by atoms with Gasteiger partial charge < -0.3 is 5.32 Å². The van der Waals surface area contributed by atoms with Gasteiger partial charge in [-0.25, -0.2) is 4.39 Å². The summed E-state index contributed by atoms with van der Waals surface area (Å²) in [5.41, 5.74) is 1.04. The van der Waals surface area contributed by atoms with Crippen LogP contribution in [0.5, 0.6) is 0 Å². The van der Waals surface area contributed by atoms with Crippen LogP contribution in [0.2, 0.25) is 0 Å². The van der Waals surface area contributed by atoms with Crippen molar-refractivity contribution in [1.82, 2.24) is 5.32 Å². The van der Waals surface area contributed by atoms with Crippen LogP contribution in [0, 0.1) is 11.7 Å². The van der Waals surface area contributed by atoms with E-state index in [0.717, 1.165) is 23.0 Å². The van der Waals surface area contributed by atoms with Crippen LogP contribution in [0.15, 0.2) is 22.7 Å². The van der Waals surface area contributed by atoms with Crippen molar-refractivity contribution in [3.05, 3.63) is 34.1 Å². The summed E-state index contributed by atoms with van der Waals surface area (Å²) in [5, 5.41) is 3.11. The van der Waals surface area contributed by atoms with E-state index in [-0.39, 0.29) is 5.82 Å². The van der Waals surface area contributed by atoms with Gasteiger partial charge in [-0.05, 0) is 49.7 Å². The summed E-state index contributed by atoms with van der Waals surface area (Å²) in [6, 6.07) is 5.04. The van der Waals surface area contributed by atoms with Crippen LogP contribution in [0.25, 0.3) is 0 Å². The van der Waals surface area contributed by atoms with Gasteiger partial charge in [0.1, 0.15) is 5.82 Å². The second kappa shape index (κ2) is 5.47. The summed E-state index contributed by atoms with van der Waals surface area (Å²) >= 11 is 3.29. The third kappa shape index (κ3) is 3.76. The number of rotatable bonds is 4. The summed E-state index contributed by atoms with van der Waals surface area (Å²) in [6.45, 7) is 3.10. The normalized spacial score (nSPS) is 12.9. The van der Waals surface area contributed by atoms with Gasteiger partial charge in [-0.15, -0.1) is 0 Å².